The van der Waals surface area contributed by atoms with Gasteiger partial charge in [-0.25, -0.2) is 12.8 Å². The lowest BCUT2D eigenvalue weighted by Gasteiger charge is -2.10. The van der Waals surface area contributed by atoms with Crippen molar-refractivity contribution in [3.05, 3.63) is 95.3 Å². The molecule has 0 bridgehead atoms. The summed E-state index contributed by atoms with van der Waals surface area (Å²) in [6.45, 7) is 1.60. The van der Waals surface area contributed by atoms with Gasteiger partial charge in [0.1, 0.15) is 5.82 Å². The van der Waals surface area contributed by atoms with Crippen LogP contribution in [0, 0.1) is 12.7 Å². The van der Waals surface area contributed by atoms with E-state index in [1.165, 1.54) is 6.07 Å². The first-order valence-corrected chi connectivity index (χ1v) is 10.8. The molecule has 0 spiro atoms. The molecule has 0 fully saturated rings. The summed E-state index contributed by atoms with van der Waals surface area (Å²) in [4.78, 5) is 12.6. The average Bonchev–Trinajstić information content (AvgIpc) is 2.69. The van der Waals surface area contributed by atoms with Gasteiger partial charge < -0.3 is 0 Å². The molecule has 0 amide bonds. The standard InChI is InChI=1S/C23H21FO3S/c1-17-14-20(19-10-6-3-7-11-19)15-21(23(17)24)22(25)12-13-28(26,27)16-18-8-4-2-5-9-18/h2-11,14-15H,12-13,16H2,1H3. The lowest BCUT2D eigenvalue weighted by Crippen LogP contribution is -2.14. The minimum Gasteiger partial charge on any atom is -0.294 e. The predicted molar refractivity (Wildman–Crippen MR) is 109 cm³/mol. The highest BCUT2D eigenvalue weighted by Gasteiger charge is 2.19. The van der Waals surface area contributed by atoms with Crippen molar-refractivity contribution in [2.45, 2.75) is 19.1 Å². The number of rotatable bonds is 7. The second kappa shape index (κ2) is 8.48. The maximum absolute atomic E-state index is 14.5. The molecule has 28 heavy (non-hydrogen) atoms. The van der Waals surface area contributed by atoms with Crippen molar-refractivity contribution in [3.63, 3.8) is 0 Å². The molecule has 0 aliphatic rings. The molecule has 0 saturated heterocycles. The number of hydrogen-bond acceptors (Lipinski definition) is 3. The molecule has 0 saturated carbocycles. The molecule has 0 unspecified atom stereocenters. The van der Waals surface area contributed by atoms with Gasteiger partial charge in [0.25, 0.3) is 0 Å². The van der Waals surface area contributed by atoms with Gasteiger partial charge in [-0.1, -0.05) is 60.7 Å². The van der Waals surface area contributed by atoms with Crippen LogP contribution < -0.4 is 0 Å². The van der Waals surface area contributed by atoms with E-state index in [0.717, 1.165) is 11.1 Å². The number of benzene rings is 3. The molecular formula is C23H21FO3S. The van der Waals surface area contributed by atoms with Crippen LogP contribution in [0.15, 0.2) is 72.8 Å². The lowest BCUT2D eigenvalue weighted by molar-refractivity contribution is 0.0984. The van der Waals surface area contributed by atoms with Crippen molar-refractivity contribution in [1.29, 1.82) is 0 Å². The molecule has 3 aromatic carbocycles. The quantitative estimate of drug-likeness (QED) is 0.529. The molecule has 0 aliphatic carbocycles. The predicted octanol–water partition coefficient (Wildman–Crippen LogP) is 4.99. The van der Waals surface area contributed by atoms with Gasteiger partial charge in [0.2, 0.25) is 0 Å². The fourth-order valence-corrected chi connectivity index (χ4v) is 4.39. The van der Waals surface area contributed by atoms with E-state index in [0.29, 0.717) is 11.1 Å². The average molecular weight is 396 g/mol. The third-order valence-corrected chi connectivity index (χ3v) is 6.13. The second-order valence-corrected chi connectivity index (χ2v) is 8.96. The Morgan fingerprint density at radius 3 is 2.14 bits per heavy atom. The van der Waals surface area contributed by atoms with Gasteiger partial charge in [0, 0.05) is 6.42 Å². The van der Waals surface area contributed by atoms with Crippen molar-refractivity contribution >= 4 is 15.6 Å². The SMILES string of the molecule is Cc1cc(-c2ccccc2)cc(C(=O)CCS(=O)(=O)Cc2ccccc2)c1F. The van der Waals surface area contributed by atoms with Crippen LogP contribution >= 0.6 is 0 Å². The first-order valence-electron chi connectivity index (χ1n) is 8.99. The van der Waals surface area contributed by atoms with Gasteiger partial charge >= 0.3 is 0 Å². The molecule has 0 N–H and O–H groups in total. The molecule has 0 radical (unpaired) electrons. The highest BCUT2D eigenvalue weighted by Crippen LogP contribution is 2.25. The van der Waals surface area contributed by atoms with E-state index in [1.807, 2.05) is 36.4 Å². The fraction of sp³-hybridized carbons (Fsp3) is 0.174. The van der Waals surface area contributed by atoms with Crippen molar-refractivity contribution < 1.29 is 17.6 Å². The van der Waals surface area contributed by atoms with Crippen molar-refractivity contribution in [1.82, 2.24) is 0 Å². The molecule has 0 aromatic heterocycles. The minimum atomic E-state index is -3.47. The summed E-state index contributed by atoms with van der Waals surface area (Å²) in [6.07, 6.45) is -0.246. The minimum absolute atomic E-state index is 0.0613. The molecule has 3 nitrogen and oxygen atoms in total. The number of halogens is 1. The Balaban J connectivity index is 1.78. The number of Topliss-reactive ketones (excluding diaryl/α,β-unsaturated/α-hetero) is 1. The first kappa shape index (κ1) is 20.0. The molecule has 0 atom stereocenters. The zero-order valence-electron chi connectivity index (χ0n) is 15.6. The Hall–Kier alpha value is -2.79. The molecule has 0 aliphatic heterocycles. The third-order valence-electron chi connectivity index (χ3n) is 4.53. The number of aryl methyl sites for hydroxylation is 1. The van der Waals surface area contributed by atoms with Gasteiger partial charge in [0.05, 0.1) is 17.1 Å². The molecule has 144 valence electrons. The Bertz CT molecular complexity index is 1080. The van der Waals surface area contributed by atoms with Gasteiger partial charge in [-0.2, -0.15) is 0 Å². The van der Waals surface area contributed by atoms with Crippen molar-refractivity contribution in [2.75, 3.05) is 5.75 Å². The van der Waals surface area contributed by atoms with Gasteiger partial charge in [0.15, 0.2) is 15.6 Å². The molecule has 3 rings (SSSR count). The number of carbonyl (C=O) groups is 1. The zero-order valence-corrected chi connectivity index (χ0v) is 16.4. The van der Waals surface area contributed by atoms with E-state index < -0.39 is 21.4 Å². The van der Waals surface area contributed by atoms with Crippen LogP contribution in [0.2, 0.25) is 0 Å². The Morgan fingerprint density at radius 2 is 1.50 bits per heavy atom. The van der Waals surface area contributed by atoms with E-state index in [1.54, 1.807) is 37.3 Å². The van der Waals surface area contributed by atoms with Gasteiger partial charge in [-0.3, -0.25) is 4.79 Å². The topological polar surface area (TPSA) is 51.2 Å². The smallest absolute Gasteiger partial charge is 0.166 e. The summed E-state index contributed by atoms with van der Waals surface area (Å²) < 4.78 is 39.2. The number of carbonyl (C=O) groups excluding carboxylic acids is 1. The van der Waals surface area contributed by atoms with E-state index in [2.05, 4.69) is 0 Å². The maximum atomic E-state index is 14.5. The highest BCUT2D eigenvalue weighted by molar-refractivity contribution is 7.90. The summed E-state index contributed by atoms with van der Waals surface area (Å²) in [5.41, 5.74) is 2.57. The van der Waals surface area contributed by atoms with Gasteiger partial charge in [-0.05, 0) is 41.3 Å². The molecule has 5 heteroatoms. The first-order chi connectivity index (χ1) is 13.4. The Labute approximate surface area is 164 Å². The van der Waals surface area contributed by atoms with Crippen LogP contribution in [0.5, 0.6) is 0 Å². The van der Waals surface area contributed by atoms with E-state index in [9.17, 15) is 17.6 Å². The zero-order chi connectivity index (χ0) is 20.1. The monoisotopic (exact) mass is 396 g/mol. The number of sulfone groups is 1. The summed E-state index contributed by atoms with van der Waals surface area (Å²) in [6, 6.07) is 21.4. The largest absolute Gasteiger partial charge is 0.294 e. The summed E-state index contributed by atoms with van der Waals surface area (Å²) in [5, 5.41) is 0. The van der Waals surface area contributed by atoms with Crippen LogP contribution in [0.3, 0.4) is 0 Å². The van der Waals surface area contributed by atoms with Crippen molar-refractivity contribution in [2.24, 2.45) is 0 Å². The number of ketones is 1. The normalized spacial score (nSPS) is 11.4. The maximum Gasteiger partial charge on any atom is 0.166 e. The molecular weight excluding hydrogens is 375 g/mol. The Kier molecular flexibility index (Phi) is 6.05. The Morgan fingerprint density at radius 1 is 0.893 bits per heavy atom. The van der Waals surface area contributed by atoms with E-state index in [4.69, 9.17) is 0 Å². The fourth-order valence-electron chi connectivity index (χ4n) is 3.05. The summed E-state index contributed by atoms with van der Waals surface area (Å²) in [7, 11) is -3.47. The number of hydrogen-bond donors (Lipinski definition) is 0. The van der Waals surface area contributed by atoms with Crippen LogP contribution in [-0.4, -0.2) is 20.0 Å². The van der Waals surface area contributed by atoms with E-state index in [-0.39, 0.29) is 23.5 Å². The van der Waals surface area contributed by atoms with Gasteiger partial charge in [-0.15, -0.1) is 0 Å². The summed E-state index contributed by atoms with van der Waals surface area (Å²) >= 11 is 0. The summed E-state index contributed by atoms with van der Waals surface area (Å²) in [5.74, 6) is -1.54. The van der Waals surface area contributed by atoms with E-state index >= 15 is 0 Å². The van der Waals surface area contributed by atoms with Crippen LogP contribution in [-0.2, 0) is 15.6 Å². The molecule has 3 aromatic rings. The molecule has 0 heterocycles. The van der Waals surface area contributed by atoms with Crippen molar-refractivity contribution in [3.8, 4) is 11.1 Å². The third kappa shape index (κ3) is 4.93. The highest BCUT2D eigenvalue weighted by atomic mass is 32.2. The lowest BCUT2D eigenvalue weighted by atomic mass is 9.97. The van der Waals surface area contributed by atoms with Crippen LogP contribution in [0.1, 0.15) is 27.9 Å². The van der Waals surface area contributed by atoms with Crippen LogP contribution in [0.4, 0.5) is 4.39 Å². The van der Waals surface area contributed by atoms with Crippen LogP contribution in [0.25, 0.3) is 11.1 Å². The second-order valence-electron chi connectivity index (χ2n) is 6.77.